The van der Waals surface area contributed by atoms with Crippen LogP contribution in [-0.2, 0) is 4.79 Å². The lowest BCUT2D eigenvalue weighted by Gasteiger charge is -2.14. The van der Waals surface area contributed by atoms with E-state index in [2.05, 4.69) is 31.2 Å². The molecule has 1 fully saturated rings. The molecule has 1 amide bonds. The fourth-order valence-electron chi connectivity index (χ4n) is 2.83. The summed E-state index contributed by atoms with van der Waals surface area (Å²) in [6.45, 7) is 2.07. The van der Waals surface area contributed by atoms with E-state index >= 15 is 0 Å². The number of rotatable bonds is 4. The average molecular weight is 438 g/mol. The number of thiocarbonyl (C=S) groups is 1. The Bertz CT molecular complexity index is 1110. The van der Waals surface area contributed by atoms with Crippen LogP contribution >= 0.6 is 35.7 Å². The molecule has 4 rings (SSSR count). The Hall–Kier alpha value is -2.41. The van der Waals surface area contributed by atoms with E-state index in [4.69, 9.17) is 12.2 Å². The Kier molecular flexibility index (Phi) is 5.85. The van der Waals surface area contributed by atoms with Crippen molar-refractivity contribution in [2.45, 2.75) is 16.7 Å². The minimum atomic E-state index is -0.401. The molecule has 29 heavy (non-hydrogen) atoms. The van der Waals surface area contributed by atoms with Crippen molar-refractivity contribution >= 4 is 57.7 Å². The van der Waals surface area contributed by atoms with Crippen LogP contribution in [0.5, 0.6) is 0 Å². The second kappa shape index (κ2) is 8.53. The summed E-state index contributed by atoms with van der Waals surface area (Å²) >= 11 is 8.26. The number of carbonyl (C=O) groups is 1. The van der Waals surface area contributed by atoms with Gasteiger partial charge in [-0.15, -0.1) is 0 Å². The van der Waals surface area contributed by atoms with Crippen LogP contribution in [0.25, 0.3) is 6.08 Å². The molecule has 1 aliphatic heterocycles. The van der Waals surface area contributed by atoms with Crippen molar-refractivity contribution < 1.29 is 9.18 Å². The molecule has 1 saturated heterocycles. The van der Waals surface area contributed by atoms with Crippen molar-refractivity contribution in [1.82, 2.24) is 0 Å². The summed E-state index contributed by atoms with van der Waals surface area (Å²) < 4.78 is 13.9. The van der Waals surface area contributed by atoms with Gasteiger partial charge < -0.3 is 0 Å². The molecule has 0 unspecified atom stereocenters. The highest BCUT2D eigenvalue weighted by molar-refractivity contribution is 8.27. The van der Waals surface area contributed by atoms with E-state index in [-0.39, 0.29) is 5.91 Å². The van der Waals surface area contributed by atoms with E-state index in [0.717, 1.165) is 10.5 Å². The van der Waals surface area contributed by atoms with Gasteiger partial charge in [-0.1, -0.05) is 71.6 Å². The van der Waals surface area contributed by atoms with Gasteiger partial charge in [-0.25, -0.2) is 4.39 Å². The molecule has 3 aromatic carbocycles. The zero-order valence-corrected chi connectivity index (χ0v) is 17.9. The molecule has 0 atom stereocenters. The molecule has 144 valence electrons. The molecule has 0 bridgehead atoms. The van der Waals surface area contributed by atoms with Gasteiger partial charge in [-0.05, 0) is 61.0 Å². The smallest absolute Gasteiger partial charge is 0.268 e. The zero-order valence-electron chi connectivity index (χ0n) is 15.5. The SMILES string of the molecule is Cc1ccc(Sc2ccc(/C=C3/SC(=S)N(c4cccc(F)c4)C3=O)cc2)cc1. The number of thioether (sulfide) groups is 1. The molecule has 0 aliphatic carbocycles. The molecule has 6 heteroatoms. The van der Waals surface area contributed by atoms with Gasteiger partial charge >= 0.3 is 0 Å². The Balaban J connectivity index is 1.51. The molecule has 0 saturated carbocycles. The second-order valence-electron chi connectivity index (χ2n) is 6.48. The topological polar surface area (TPSA) is 20.3 Å². The predicted molar refractivity (Wildman–Crippen MR) is 124 cm³/mol. The van der Waals surface area contributed by atoms with Crippen LogP contribution in [0.1, 0.15) is 11.1 Å². The van der Waals surface area contributed by atoms with Crippen LogP contribution in [-0.4, -0.2) is 10.2 Å². The molecular formula is C23H16FNOS3. The van der Waals surface area contributed by atoms with Crippen LogP contribution in [0.4, 0.5) is 10.1 Å². The summed E-state index contributed by atoms with van der Waals surface area (Å²) in [5.74, 6) is -0.633. The second-order valence-corrected chi connectivity index (χ2v) is 9.30. The predicted octanol–water partition coefficient (Wildman–Crippen LogP) is 6.69. The lowest BCUT2D eigenvalue weighted by molar-refractivity contribution is -0.113. The number of halogens is 1. The molecule has 1 aliphatic rings. The number of hydrogen-bond donors (Lipinski definition) is 0. The first-order chi connectivity index (χ1) is 14.0. The molecule has 2 nitrogen and oxygen atoms in total. The van der Waals surface area contributed by atoms with Crippen LogP contribution in [0.2, 0.25) is 0 Å². The van der Waals surface area contributed by atoms with Gasteiger partial charge in [0.15, 0.2) is 4.32 Å². The molecule has 1 heterocycles. The number of benzene rings is 3. The minimum absolute atomic E-state index is 0.233. The Morgan fingerprint density at radius 2 is 1.66 bits per heavy atom. The monoisotopic (exact) mass is 437 g/mol. The van der Waals surface area contributed by atoms with Gasteiger partial charge in [0.2, 0.25) is 0 Å². The van der Waals surface area contributed by atoms with Crippen LogP contribution in [0, 0.1) is 12.7 Å². The van der Waals surface area contributed by atoms with E-state index in [1.54, 1.807) is 23.9 Å². The van der Waals surface area contributed by atoms with Crippen LogP contribution < -0.4 is 4.90 Å². The highest BCUT2D eigenvalue weighted by Crippen LogP contribution is 2.36. The standard InChI is InChI=1S/C23H16FNOS3/c1-15-5-9-19(10-6-15)28-20-11-7-16(8-12-20)13-21-22(26)25(23(27)29-21)18-4-2-3-17(24)14-18/h2-14H,1H3/b21-13+. The van der Waals surface area contributed by atoms with Gasteiger partial charge in [-0.3, -0.25) is 9.69 Å². The maximum Gasteiger partial charge on any atom is 0.270 e. The first kappa shape index (κ1) is 19.9. The summed E-state index contributed by atoms with van der Waals surface area (Å²) in [6, 6.07) is 22.3. The third-order valence-electron chi connectivity index (χ3n) is 4.29. The Morgan fingerprint density at radius 1 is 1.00 bits per heavy atom. The van der Waals surface area contributed by atoms with E-state index < -0.39 is 5.82 Å². The third kappa shape index (κ3) is 4.61. The normalized spacial score (nSPS) is 15.4. The zero-order chi connectivity index (χ0) is 20.4. The summed E-state index contributed by atoms with van der Waals surface area (Å²) in [5, 5.41) is 0. The van der Waals surface area contributed by atoms with E-state index in [1.165, 1.54) is 39.3 Å². The summed E-state index contributed by atoms with van der Waals surface area (Å²) in [6.07, 6.45) is 1.82. The molecular weight excluding hydrogens is 421 g/mol. The Labute approximate surface area is 182 Å². The average Bonchev–Trinajstić information content (AvgIpc) is 2.98. The first-order valence-corrected chi connectivity index (χ1v) is 10.9. The minimum Gasteiger partial charge on any atom is -0.268 e. The van der Waals surface area contributed by atoms with Crippen molar-refractivity contribution in [1.29, 1.82) is 0 Å². The van der Waals surface area contributed by atoms with Gasteiger partial charge in [0.1, 0.15) is 5.82 Å². The largest absolute Gasteiger partial charge is 0.270 e. The van der Waals surface area contributed by atoms with E-state index in [0.29, 0.717) is 14.9 Å². The van der Waals surface area contributed by atoms with Gasteiger partial charge in [0.05, 0.1) is 10.6 Å². The number of hydrogen-bond acceptors (Lipinski definition) is 4. The fraction of sp³-hybridized carbons (Fsp3) is 0.0435. The molecule has 0 radical (unpaired) electrons. The van der Waals surface area contributed by atoms with Crippen molar-refractivity contribution in [3.8, 4) is 0 Å². The van der Waals surface area contributed by atoms with Gasteiger partial charge in [0.25, 0.3) is 5.91 Å². The van der Waals surface area contributed by atoms with Crippen molar-refractivity contribution in [3.63, 3.8) is 0 Å². The number of anilines is 1. The van der Waals surface area contributed by atoms with E-state index in [9.17, 15) is 9.18 Å². The van der Waals surface area contributed by atoms with Crippen molar-refractivity contribution in [2.75, 3.05) is 4.90 Å². The lowest BCUT2D eigenvalue weighted by Crippen LogP contribution is -2.27. The number of nitrogens with zero attached hydrogens (tertiary/aromatic N) is 1. The third-order valence-corrected chi connectivity index (χ3v) is 6.61. The maximum atomic E-state index is 13.5. The Morgan fingerprint density at radius 3 is 2.31 bits per heavy atom. The lowest BCUT2D eigenvalue weighted by atomic mass is 10.2. The summed E-state index contributed by atoms with van der Waals surface area (Å²) in [5.41, 5.74) is 2.60. The molecule has 3 aromatic rings. The molecule has 0 aromatic heterocycles. The molecule has 0 N–H and O–H groups in total. The van der Waals surface area contributed by atoms with Crippen molar-refractivity contribution in [2.24, 2.45) is 0 Å². The maximum absolute atomic E-state index is 13.5. The quantitative estimate of drug-likeness (QED) is 0.334. The van der Waals surface area contributed by atoms with Gasteiger partial charge in [0, 0.05) is 9.79 Å². The molecule has 0 spiro atoms. The van der Waals surface area contributed by atoms with Gasteiger partial charge in [-0.2, -0.15) is 0 Å². The first-order valence-electron chi connectivity index (χ1n) is 8.88. The van der Waals surface area contributed by atoms with E-state index in [1.807, 2.05) is 30.3 Å². The van der Waals surface area contributed by atoms with Crippen LogP contribution in [0.15, 0.2) is 87.5 Å². The number of amides is 1. The number of carbonyl (C=O) groups excluding carboxylic acids is 1. The summed E-state index contributed by atoms with van der Waals surface area (Å²) in [7, 11) is 0. The van der Waals surface area contributed by atoms with Crippen LogP contribution in [0.3, 0.4) is 0 Å². The highest BCUT2D eigenvalue weighted by Gasteiger charge is 2.33. The number of aryl methyl sites for hydroxylation is 1. The van der Waals surface area contributed by atoms with Crippen molar-refractivity contribution in [3.05, 3.63) is 94.6 Å². The summed E-state index contributed by atoms with van der Waals surface area (Å²) in [4.78, 5) is 17.0. The highest BCUT2D eigenvalue weighted by atomic mass is 32.2. The fourth-order valence-corrected chi connectivity index (χ4v) is 4.95.